The highest BCUT2D eigenvalue weighted by Gasteiger charge is 2.52. The number of hydrogen-bond donors (Lipinski definition) is 0. The molecule has 0 aliphatic carbocycles. The Morgan fingerprint density at radius 2 is 1.71 bits per heavy atom. The Balaban J connectivity index is 2.84. The van der Waals surface area contributed by atoms with Gasteiger partial charge >= 0.3 is 11.9 Å². The van der Waals surface area contributed by atoms with Gasteiger partial charge in [-0.25, -0.2) is 4.79 Å². The van der Waals surface area contributed by atoms with Gasteiger partial charge in [-0.3, -0.25) is 4.79 Å². The lowest BCUT2D eigenvalue weighted by Crippen LogP contribution is -2.40. The van der Waals surface area contributed by atoms with E-state index in [-0.39, 0.29) is 6.61 Å². The Bertz CT molecular complexity index is 297. The van der Waals surface area contributed by atoms with E-state index >= 15 is 0 Å². The van der Waals surface area contributed by atoms with Crippen LogP contribution in [0.2, 0.25) is 0 Å². The van der Waals surface area contributed by atoms with Crippen molar-refractivity contribution < 1.29 is 23.8 Å². The third-order valence-corrected chi connectivity index (χ3v) is 2.84. The summed E-state index contributed by atoms with van der Waals surface area (Å²) in [5, 5.41) is 0. The van der Waals surface area contributed by atoms with Crippen molar-refractivity contribution in [2.45, 2.75) is 33.8 Å². The molecule has 0 N–H and O–H groups in total. The van der Waals surface area contributed by atoms with Gasteiger partial charge in [0.2, 0.25) is 0 Å². The van der Waals surface area contributed by atoms with Gasteiger partial charge in [-0.1, -0.05) is 13.8 Å². The lowest BCUT2D eigenvalue weighted by atomic mass is 9.79. The topological polar surface area (TPSA) is 61.8 Å². The van der Waals surface area contributed by atoms with Crippen molar-refractivity contribution in [2.75, 3.05) is 19.8 Å². The van der Waals surface area contributed by atoms with Gasteiger partial charge in [0.05, 0.1) is 19.8 Å². The third-order valence-electron chi connectivity index (χ3n) is 2.84. The van der Waals surface area contributed by atoms with Crippen LogP contribution in [0.1, 0.15) is 27.7 Å². The first kappa shape index (κ1) is 14.0. The molecule has 0 bridgehead atoms. The summed E-state index contributed by atoms with van der Waals surface area (Å²) < 4.78 is 15.3. The highest BCUT2D eigenvalue weighted by molar-refractivity contribution is 5.85. The van der Waals surface area contributed by atoms with E-state index in [4.69, 9.17) is 14.2 Å². The molecule has 2 atom stereocenters. The fourth-order valence-electron chi connectivity index (χ4n) is 2.00. The Morgan fingerprint density at radius 1 is 1.18 bits per heavy atom. The monoisotopic (exact) mass is 244 g/mol. The highest BCUT2D eigenvalue weighted by atomic mass is 16.6. The molecule has 1 saturated heterocycles. The molecule has 5 nitrogen and oxygen atoms in total. The summed E-state index contributed by atoms with van der Waals surface area (Å²) in [5.41, 5.74) is -0.413. The van der Waals surface area contributed by atoms with Crippen LogP contribution in [0.3, 0.4) is 0 Å². The van der Waals surface area contributed by atoms with Crippen LogP contribution in [0.4, 0.5) is 0 Å². The predicted molar refractivity (Wildman–Crippen MR) is 60.3 cm³/mol. The highest BCUT2D eigenvalue weighted by Crippen LogP contribution is 2.39. The van der Waals surface area contributed by atoms with Gasteiger partial charge in [0.25, 0.3) is 0 Å². The summed E-state index contributed by atoms with van der Waals surface area (Å²) >= 11 is 0. The molecule has 0 saturated carbocycles. The quantitative estimate of drug-likeness (QED) is 0.694. The SMILES string of the molecule is CCOC(=O)[C@@H]1OCC(C)(C)[C@H]1C(=O)OCC. The second-order valence-electron chi connectivity index (χ2n) is 4.70. The predicted octanol–water partition coefficient (Wildman–Crippen LogP) is 1.15. The molecule has 0 radical (unpaired) electrons. The van der Waals surface area contributed by atoms with Crippen LogP contribution in [-0.4, -0.2) is 37.9 Å². The molecular weight excluding hydrogens is 224 g/mol. The largest absolute Gasteiger partial charge is 0.466 e. The zero-order valence-corrected chi connectivity index (χ0v) is 10.8. The maximum atomic E-state index is 11.9. The van der Waals surface area contributed by atoms with Gasteiger partial charge < -0.3 is 14.2 Å². The van der Waals surface area contributed by atoms with Gasteiger partial charge in [0, 0.05) is 5.41 Å². The first-order valence-corrected chi connectivity index (χ1v) is 5.89. The fourth-order valence-corrected chi connectivity index (χ4v) is 2.00. The molecule has 0 unspecified atom stereocenters. The van der Waals surface area contributed by atoms with Gasteiger partial charge in [0.15, 0.2) is 6.10 Å². The molecule has 0 aromatic rings. The van der Waals surface area contributed by atoms with Crippen molar-refractivity contribution in [1.82, 2.24) is 0 Å². The normalized spacial score (nSPS) is 26.6. The van der Waals surface area contributed by atoms with Crippen molar-refractivity contribution in [3.8, 4) is 0 Å². The molecule has 0 aromatic heterocycles. The molecule has 1 aliphatic rings. The summed E-state index contributed by atoms with van der Waals surface area (Å²) in [5.74, 6) is -1.48. The van der Waals surface area contributed by atoms with E-state index in [1.807, 2.05) is 13.8 Å². The van der Waals surface area contributed by atoms with Crippen LogP contribution in [0.5, 0.6) is 0 Å². The first-order chi connectivity index (χ1) is 7.94. The standard InChI is InChI=1S/C12H20O5/c1-5-15-10(13)8-9(11(14)16-6-2)17-7-12(8,3)4/h8-9H,5-7H2,1-4H3/t8-,9-/m1/s1. The second kappa shape index (κ2) is 5.49. The molecule has 1 rings (SSSR count). The molecule has 5 heteroatoms. The molecule has 17 heavy (non-hydrogen) atoms. The van der Waals surface area contributed by atoms with Gasteiger partial charge in [-0.15, -0.1) is 0 Å². The van der Waals surface area contributed by atoms with E-state index in [2.05, 4.69) is 0 Å². The number of hydrogen-bond acceptors (Lipinski definition) is 5. The molecule has 1 heterocycles. The zero-order chi connectivity index (χ0) is 13.1. The minimum atomic E-state index is -0.844. The first-order valence-electron chi connectivity index (χ1n) is 5.89. The van der Waals surface area contributed by atoms with Crippen molar-refractivity contribution in [2.24, 2.45) is 11.3 Å². The number of ether oxygens (including phenoxy) is 3. The number of esters is 2. The van der Waals surface area contributed by atoms with Gasteiger partial charge in [-0.05, 0) is 13.8 Å². The Kier molecular flexibility index (Phi) is 4.51. The van der Waals surface area contributed by atoms with E-state index in [9.17, 15) is 9.59 Å². The minimum absolute atomic E-state index is 0.272. The minimum Gasteiger partial charge on any atom is -0.466 e. The van der Waals surface area contributed by atoms with E-state index in [0.29, 0.717) is 13.2 Å². The molecule has 1 aliphatic heterocycles. The zero-order valence-electron chi connectivity index (χ0n) is 10.8. The number of carbonyl (C=O) groups excluding carboxylic acids is 2. The fraction of sp³-hybridized carbons (Fsp3) is 0.833. The van der Waals surface area contributed by atoms with E-state index < -0.39 is 29.4 Å². The molecule has 98 valence electrons. The maximum absolute atomic E-state index is 11.9. The van der Waals surface area contributed by atoms with Crippen LogP contribution in [0.25, 0.3) is 0 Å². The summed E-state index contributed by atoms with van der Waals surface area (Å²) in [6.45, 7) is 8.13. The van der Waals surface area contributed by atoms with Crippen molar-refractivity contribution >= 4 is 11.9 Å². The summed E-state index contributed by atoms with van der Waals surface area (Å²) in [6.07, 6.45) is -0.844. The maximum Gasteiger partial charge on any atom is 0.336 e. The van der Waals surface area contributed by atoms with Gasteiger partial charge in [-0.2, -0.15) is 0 Å². The van der Waals surface area contributed by atoms with Gasteiger partial charge in [0.1, 0.15) is 5.92 Å². The molecule has 0 amide bonds. The Morgan fingerprint density at radius 3 is 2.24 bits per heavy atom. The van der Waals surface area contributed by atoms with E-state index in [0.717, 1.165) is 0 Å². The van der Waals surface area contributed by atoms with Crippen molar-refractivity contribution in [3.05, 3.63) is 0 Å². The van der Waals surface area contributed by atoms with Crippen molar-refractivity contribution in [3.63, 3.8) is 0 Å². The lowest BCUT2D eigenvalue weighted by Gasteiger charge is -2.25. The Hall–Kier alpha value is -1.10. The van der Waals surface area contributed by atoms with Crippen molar-refractivity contribution in [1.29, 1.82) is 0 Å². The molecular formula is C12H20O5. The average molecular weight is 244 g/mol. The van der Waals surface area contributed by atoms with E-state index in [1.54, 1.807) is 13.8 Å². The second-order valence-corrected chi connectivity index (χ2v) is 4.70. The van der Waals surface area contributed by atoms with Crippen LogP contribution in [-0.2, 0) is 23.8 Å². The van der Waals surface area contributed by atoms with Crippen LogP contribution in [0.15, 0.2) is 0 Å². The van der Waals surface area contributed by atoms with Crippen LogP contribution >= 0.6 is 0 Å². The number of rotatable bonds is 4. The summed E-state index contributed by atoms with van der Waals surface area (Å²) in [7, 11) is 0. The van der Waals surface area contributed by atoms with Crippen LogP contribution in [0, 0.1) is 11.3 Å². The third kappa shape index (κ3) is 2.97. The Labute approximate surface area is 101 Å². The van der Waals surface area contributed by atoms with E-state index in [1.165, 1.54) is 0 Å². The summed E-state index contributed by atoms with van der Waals surface area (Å²) in [4.78, 5) is 23.6. The summed E-state index contributed by atoms with van der Waals surface area (Å²) in [6, 6.07) is 0. The van der Waals surface area contributed by atoms with Crippen LogP contribution < -0.4 is 0 Å². The lowest BCUT2D eigenvalue weighted by molar-refractivity contribution is -0.164. The average Bonchev–Trinajstić information content (AvgIpc) is 2.55. The molecule has 1 fully saturated rings. The molecule has 0 spiro atoms. The smallest absolute Gasteiger partial charge is 0.336 e. The number of carbonyl (C=O) groups is 2. The molecule has 0 aromatic carbocycles.